The van der Waals surface area contributed by atoms with Crippen LogP contribution in [0.2, 0.25) is 0 Å². The van der Waals surface area contributed by atoms with Gasteiger partial charge in [-0.3, -0.25) is 4.79 Å². The molecule has 2 bridgehead atoms. The number of ether oxygens (including phenoxy) is 1. The maximum absolute atomic E-state index is 13.3. The van der Waals surface area contributed by atoms with Crippen LogP contribution in [0.25, 0.3) is 0 Å². The van der Waals surface area contributed by atoms with Crippen LogP contribution in [0.1, 0.15) is 80.6 Å². The molecule has 0 spiro atoms. The van der Waals surface area contributed by atoms with Crippen molar-refractivity contribution in [3.8, 4) is 0 Å². The summed E-state index contributed by atoms with van der Waals surface area (Å²) in [5, 5.41) is 0. The van der Waals surface area contributed by atoms with Crippen molar-refractivity contribution >= 4 is 23.1 Å². The van der Waals surface area contributed by atoms with E-state index in [9.17, 15) is 13.2 Å². The monoisotopic (exact) mass is 519 g/mol. The van der Waals surface area contributed by atoms with E-state index in [-0.39, 0.29) is 34.7 Å². The summed E-state index contributed by atoms with van der Waals surface area (Å²) >= 11 is 0. The normalized spacial score (nSPS) is 30.8. The zero-order chi connectivity index (χ0) is 26.5. The molecular formula is C27H42BNO6S. The standard InChI is InChI=1S/C27H42BNO6S/c1-18(15-24(30)33-25(2,3)4)13-14-23(29-36(31,32)20-11-9-8-10-12-20)28-34-22-17-19-16-21(26(19,5)6)27(22,7)35-28/h8-12,18-19,21-23,29H,13-17H2,1-7H3/t18-,19-,21-,22+,23-,27-/m0/s1. The van der Waals surface area contributed by atoms with E-state index in [4.69, 9.17) is 14.0 Å². The summed E-state index contributed by atoms with van der Waals surface area (Å²) < 4.78 is 47.9. The molecule has 1 saturated heterocycles. The molecule has 0 unspecified atom stereocenters. The summed E-state index contributed by atoms with van der Waals surface area (Å²) in [6, 6.07) is 8.37. The fraction of sp³-hybridized carbons (Fsp3) is 0.741. The molecular weight excluding hydrogens is 477 g/mol. The first-order valence-corrected chi connectivity index (χ1v) is 14.7. The topological polar surface area (TPSA) is 90.9 Å². The van der Waals surface area contributed by atoms with Crippen LogP contribution in [-0.4, -0.2) is 44.8 Å². The molecule has 3 saturated carbocycles. The van der Waals surface area contributed by atoms with Crippen LogP contribution in [0.3, 0.4) is 0 Å². The molecule has 6 atom stereocenters. The van der Waals surface area contributed by atoms with Crippen molar-refractivity contribution in [2.24, 2.45) is 23.2 Å². The summed E-state index contributed by atoms with van der Waals surface area (Å²) in [5.41, 5.74) is -0.762. The van der Waals surface area contributed by atoms with Gasteiger partial charge in [-0.15, -0.1) is 0 Å². The van der Waals surface area contributed by atoms with E-state index < -0.39 is 34.3 Å². The van der Waals surface area contributed by atoms with Gasteiger partial charge in [-0.1, -0.05) is 39.0 Å². The first-order chi connectivity index (χ1) is 16.6. The Bertz CT molecular complexity index is 1060. The molecule has 4 aliphatic rings. The Morgan fingerprint density at radius 3 is 2.44 bits per heavy atom. The summed E-state index contributed by atoms with van der Waals surface area (Å²) in [6.07, 6.45) is 3.42. The van der Waals surface area contributed by atoms with Gasteiger partial charge in [-0.05, 0) is 88.7 Å². The van der Waals surface area contributed by atoms with Gasteiger partial charge in [0, 0.05) is 6.42 Å². The van der Waals surface area contributed by atoms with Gasteiger partial charge in [0.25, 0.3) is 0 Å². The van der Waals surface area contributed by atoms with Crippen LogP contribution in [0, 0.1) is 23.2 Å². The molecule has 36 heavy (non-hydrogen) atoms. The van der Waals surface area contributed by atoms with Gasteiger partial charge in [-0.2, -0.15) is 0 Å². The summed E-state index contributed by atoms with van der Waals surface area (Å²) in [5.74, 6) is 0.200. The Kier molecular flexibility index (Phi) is 7.45. The molecule has 0 radical (unpaired) electrons. The van der Waals surface area contributed by atoms with Crippen molar-refractivity contribution in [3.05, 3.63) is 30.3 Å². The highest BCUT2D eigenvalue weighted by Gasteiger charge is 2.68. The zero-order valence-electron chi connectivity index (χ0n) is 22.7. The van der Waals surface area contributed by atoms with Crippen LogP contribution < -0.4 is 4.72 Å². The van der Waals surface area contributed by atoms with Crippen LogP contribution in [0.15, 0.2) is 35.2 Å². The minimum atomic E-state index is -3.77. The van der Waals surface area contributed by atoms with Gasteiger partial charge in [0.05, 0.1) is 22.5 Å². The second kappa shape index (κ2) is 9.72. The predicted octanol–water partition coefficient (Wildman–Crippen LogP) is 4.75. The number of carbonyl (C=O) groups is 1. The lowest BCUT2D eigenvalue weighted by atomic mass is 9.43. The lowest BCUT2D eigenvalue weighted by Gasteiger charge is -2.64. The fourth-order valence-electron chi connectivity index (χ4n) is 6.42. The Hall–Kier alpha value is -1.42. The largest absolute Gasteiger partial charge is 0.477 e. The van der Waals surface area contributed by atoms with Crippen molar-refractivity contribution in [2.75, 3.05) is 0 Å². The molecule has 0 amide bonds. The Labute approximate surface area is 217 Å². The van der Waals surface area contributed by atoms with Crippen LogP contribution >= 0.6 is 0 Å². The highest BCUT2D eigenvalue weighted by molar-refractivity contribution is 7.89. The lowest BCUT2D eigenvalue weighted by Crippen LogP contribution is -2.65. The highest BCUT2D eigenvalue weighted by Crippen LogP contribution is 2.65. The number of carbonyl (C=O) groups excluding carboxylic acids is 1. The smallest absolute Gasteiger partial charge is 0.460 e. The lowest BCUT2D eigenvalue weighted by molar-refractivity contribution is -0.199. The fourth-order valence-corrected chi connectivity index (χ4v) is 7.70. The number of sulfonamides is 1. The quantitative estimate of drug-likeness (QED) is 0.374. The maximum atomic E-state index is 13.3. The molecule has 200 valence electrons. The zero-order valence-corrected chi connectivity index (χ0v) is 23.6. The third-order valence-electron chi connectivity index (χ3n) is 8.56. The minimum absolute atomic E-state index is 0.0228. The molecule has 1 aliphatic heterocycles. The van der Waals surface area contributed by atoms with Crippen molar-refractivity contribution in [2.45, 2.75) is 109 Å². The van der Waals surface area contributed by atoms with Crippen LogP contribution in [0.4, 0.5) is 0 Å². The van der Waals surface area contributed by atoms with Gasteiger partial charge < -0.3 is 14.0 Å². The molecule has 5 rings (SSSR count). The summed E-state index contributed by atoms with van der Waals surface area (Å²) in [6.45, 7) is 14.3. The van der Waals surface area contributed by atoms with E-state index >= 15 is 0 Å². The number of hydrogen-bond acceptors (Lipinski definition) is 6. The van der Waals surface area contributed by atoms with E-state index in [1.807, 2.05) is 27.7 Å². The molecule has 4 fully saturated rings. The average molecular weight is 520 g/mol. The van der Waals surface area contributed by atoms with Crippen molar-refractivity contribution in [1.82, 2.24) is 4.72 Å². The third kappa shape index (κ3) is 5.54. The minimum Gasteiger partial charge on any atom is -0.460 e. The van der Waals surface area contributed by atoms with E-state index in [0.29, 0.717) is 24.7 Å². The number of rotatable bonds is 9. The van der Waals surface area contributed by atoms with Gasteiger partial charge in [-0.25, -0.2) is 13.1 Å². The summed E-state index contributed by atoms with van der Waals surface area (Å²) in [4.78, 5) is 12.5. The van der Waals surface area contributed by atoms with Gasteiger partial charge in [0.2, 0.25) is 10.0 Å². The predicted molar refractivity (Wildman–Crippen MR) is 140 cm³/mol. The summed E-state index contributed by atoms with van der Waals surface area (Å²) in [7, 11) is -4.45. The molecule has 7 nitrogen and oxygen atoms in total. The molecule has 9 heteroatoms. The van der Waals surface area contributed by atoms with Gasteiger partial charge >= 0.3 is 13.1 Å². The first kappa shape index (κ1) is 27.6. The SMILES string of the molecule is C[C@@H](CC[C@H](NS(=O)(=O)c1ccccc1)B1O[C@@H]2C[C@@H]3C[C@@H](C3(C)C)[C@]2(C)O1)CC(=O)OC(C)(C)C. The van der Waals surface area contributed by atoms with Crippen LogP contribution in [-0.2, 0) is 28.9 Å². The van der Waals surface area contributed by atoms with Gasteiger partial charge in [0.1, 0.15) is 5.60 Å². The van der Waals surface area contributed by atoms with Crippen molar-refractivity contribution in [1.29, 1.82) is 0 Å². The molecule has 1 aromatic rings. The average Bonchev–Trinajstić information content (AvgIpc) is 3.12. The van der Waals surface area contributed by atoms with E-state index in [0.717, 1.165) is 12.8 Å². The third-order valence-corrected chi connectivity index (χ3v) is 10.1. The Balaban J connectivity index is 1.48. The molecule has 1 heterocycles. The van der Waals surface area contributed by atoms with Gasteiger partial charge in [0.15, 0.2) is 0 Å². The molecule has 0 aromatic heterocycles. The van der Waals surface area contributed by atoms with Crippen LogP contribution in [0.5, 0.6) is 0 Å². The number of nitrogens with one attached hydrogen (secondary N) is 1. The molecule has 1 aromatic carbocycles. The molecule has 1 N–H and O–H groups in total. The second-order valence-electron chi connectivity index (χ2n) is 12.9. The molecule has 3 aliphatic carbocycles. The number of esters is 1. The maximum Gasteiger partial charge on any atom is 0.477 e. The second-order valence-corrected chi connectivity index (χ2v) is 14.6. The van der Waals surface area contributed by atoms with Crippen molar-refractivity contribution < 1.29 is 27.3 Å². The first-order valence-electron chi connectivity index (χ1n) is 13.2. The number of benzene rings is 1. The van der Waals surface area contributed by atoms with Crippen molar-refractivity contribution in [3.63, 3.8) is 0 Å². The highest BCUT2D eigenvalue weighted by atomic mass is 32.2. The Morgan fingerprint density at radius 2 is 1.83 bits per heavy atom. The Morgan fingerprint density at radius 1 is 1.17 bits per heavy atom. The number of hydrogen-bond donors (Lipinski definition) is 1. The van der Waals surface area contributed by atoms with E-state index in [1.165, 1.54) is 0 Å². The van der Waals surface area contributed by atoms with E-state index in [2.05, 4.69) is 25.5 Å². The van der Waals surface area contributed by atoms with E-state index in [1.54, 1.807) is 30.3 Å².